The second kappa shape index (κ2) is 10.3. The zero-order chi connectivity index (χ0) is 25.1. The van der Waals surface area contributed by atoms with Gasteiger partial charge in [-0.1, -0.05) is 42.8 Å². The van der Waals surface area contributed by atoms with Crippen LogP contribution in [0.15, 0.2) is 42.5 Å². The number of benzene rings is 2. The first-order chi connectivity index (χ1) is 16.8. The standard InChI is InChI=1S/C26H26ClN5O3/c1-4-5-24(34)29-21-11-19(27)10-18(15-33)25(21)22-12-23-26(35)31(13-16(2)32(23)30-22)14-17-6-8-20(28-3)9-7-17/h6-12,16,33H,4-5,13-15H2,1-2H3,(H,29,34)/t16-/m0/s1. The molecule has 0 unspecified atom stereocenters. The fourth-order valence-electron chi connectivity index (χ4n) is 4.32. The smallest absolute Gasteiger partial charge is 0.272 e. The third-order valence-corrected chi connectivity index (χ3v) is 6.16. The van der Waals surface area contributed by atoms with Crippen molar-refractivity contribution in [3.05, 3.63) is 75.7 Å². The number of hydrogen-bond acceptors (Lipinski definition) is 4. The van der Waals surface area contributed by atoms with Gasteiger partial charge in [-0.2, -0.15) is 5.10 Å². The molecule has 8 nitrogen and oxygen atoms in total. The fraction of sp³-hybridized carbons (Fsp3) is 0.308. The van der Waals surface area contributed by atoms with E-state index in [0.717, 1.165) is 5.56 Å². The third kappa shape index (κ3) is 5.06. The maximum Gasteiger partial charge on any atom is 0.272 e. The van der Waals surface area contributed by atoms with Crippen LogP contribution in [0.4, 0.5) is 11.4 Å². The number of halogens is 1. The molecule has 1 atom stereocenters. The molecular weight excluding hydrogens is 466 g/mol. The number of aliphatic hydroxyl groups is 1. The molecule has 0 saturated heterocycles. The van der Waals surface area contributed by atoms with Crippen molar-refractivity contribution < 1.29 is 14.7 Å². The normalized spacial score (nSPS) is 15.0. The molecule has 0 bridgehead atoms. The zero-order valence-electron chi connectivity index (χ0n) is 19.6. The number of nitrogens with one attached hydrogen (secondary N) is 1. The van der Waals surface area contributed by atoms with Crippen LogP contribution in [-0.2, 0) is 17.9 Å². The maximum atomic E-state index is 13.4. The van der Waals surface area contributed by atoms with Crippen LogP contribution in [0.2, 0.25) is 5.02 Å². The van der Waals surface area contributed by atoms with Crippen molar-refractivity contribution in [3.8, 4) is 11.3 Å². The summed E-state index contributed by atoms with van der Waals surface area (Å²) >= 11 is 6.25. The number of rotatable bonds is 7. The highest BCUT2D eigenvalue weighted by atomic mass is 35.5. The van der Waals surface area contributed by atoms with Gasteiger partial charge in [-0.3, -0.25) is 14.3 Å². The van der Waals surface area contributed by atoms with Crippen molar-refractivity contribution >= 4 is 34.8 Å². The maximum absolute atomic E-state index is 13.4. The summed E-state index contributed by atoms with van der Waals surface area (Å²) in [5, 5.41) is 18.0. The van der Waals surface area contributed by atoms with Gasteiger partial charge < -0.3 is 15.3 Å². The zero-order valence-corrected chi connectivity index (χ0v) is 20.3. The van der Waals surface area contributed by atoms with Crippen molar-refractivity contribution in [1.29, 1.82) is 0 Å². The molecule has 0 spiro atoms. The summed E-state index contributed by atoms with van der Waals surface area (Å²) in [5.74, 6) is -0.323. The van der Waals surface area contributed by atoms with Crippen molar-refractivity contribution in [2.75, 3.05) is 11.9 Å². The summed E-state index contributed by atoms with van der Waals surface area (Å²) in [4.78, 5) is 30.9. The number of fused-ring (bicyclic) bond motifs is 1. The van der Waals surface area contributed by atoms with Gasteiger partial charge in [0.1, 0.15) is 5.69 Å². The highest BCUT2D eigenvalue weighted by molar-refractivity contribution is 6.31. The Labute approximate surface area is 208 Å². The third-order valence-electron chi connectivity index (χ3n) is 5.95. The van der Waals surface area contributed by atoms with E-state index in [1.165, 1.54) is 0 Å². The minimum atomic E-state index is -0.301. The first-order valence-corrected chi connectivity index (χ1v) is 11.8. The van der Waals surface area contributed by atoms with E-state index in [9.17, 15) is 14.7 Å². The second-order valence-electron chi connectivity index (χ2n) is 8.62. The second-order valence-corrected chi connectivity index (χ2v) is 9.05. The lowest BCUT2D eigenvalue weighted by molar-refractivity contribution is -0.116. The molecule has 0 saturated carbocycles. The molecule has 180 valence electrons. The first kappa shape index (κ1) is 24.5. The predicted molar refractivity (Wildman–Crippen MR) is 134 cm³/mol. The van der Waals surface area contributed by atoms with E-state index in [1.807, 2.05) is 26.0 Å². The highest BCUT2D eigenvalue weighted by Gasteiger charge is 2.32. The van der Waals surface area contributed by atoms with Crippen LogP contribution in [0.25, 0.3) is 16.1 Å². The molecule has 2 amide bonds. The molecule has 0 aliphatic carbocycles. The van der Waals surface area contributed by atoms with Crippen LogP contribution in [0.3, 0.4) is 0 Å². The van der Waals surface area contributed by atoms with Gasteiger partial charge in [0.15, 0.2) is 5.69 Å². The molecule has 2 heterocycles. The number of amides is 2. The molecule has 2 aromatic carbocycles. The van der Waals surface area contributed by atoms with E-state index >= 15 is 0 Å². The van der Waals surface area contributed by atoms with Gasteiger partial charge in [0.05, 0.1) is 30.6 Å². The molecule has 1 aromatic heterocycles. The lowest BCUT2D eigenvalue weighted by Gasteiger charge is -2.31. The quantitative estimate of drug-likeness (QED) is 0.444. The van der Waals surface area contributed by atoms with Gasteiger partial charge in [0.25, 0.3) is 5.91 Å². The molecule has 1 aliphatic rings. The molecule has 2 N–H and O–H groups in total. The predicted octanol–water partition coefficient (Wildman–Crippen LogP) is 5.20. The Morgan fingerprint density at radius 2 is 2.03 bits per heavy atom. The lowest BCUT2D eigenvalue weighted by Crippen LogP contribution is -2.41. The van der Waals surface area contributed by atoms with E-state index in [-0.39, 0.29) is 24.5 Å². The molecule has 0 fully saturated rings. The van der Waals surface area contributed by atoms with E-state index in [1.54, 1.807) is 39.9 Å². The highest BCUT2D eigenvalue weighted by Crippen LogP contribution is 2.36. The molecule has 35 heavy (non-hydrogen) atoms. The fourth-order valence-corrected chi connectivity index (χ4v) is 4.56. The van der Waals surface area contributed by atoms with E-state index < -0.39 is 0 Å². The van der Waals surface area contributed by atoms with Crippen molar-refractivity contribution in [1.82, 2.24) is 14.7 Å². The van der Waals surface area contributed by atoms with Crippen LogP contribution >= 0.6 is 11.6 Å². The van der Waals surface area contributed by atoms with Gasteiger partial charge in [0, 0.05) is 30.1 Å². The van der Waals surface area contributed by atoms with Crippen LogP contribution < -0.4 is 5.32 Å². The molecule has 1 aliphatic heterocycles. The number of aliphatic hydroxyl groups excluding tert-OH is 1. The Bertz CT molecular complexity index is 1310. The summed E-state index contributed by atoms with van der Waals surface area (Å²) < 4.78 is 1.70. The van der Waals surface area contributed by atoms with Gasteiger partial charge in [0.2, 0.25) is 5.91 Å². The van der Waals surface area contributed by atoms with Crippen LogP contribution in [0.1, 0.15) is 54.3 Å². The Hall–Kier alpha value is -3.67. The molecule has 4 rings (SSSR count). The Morgan fingerprint density at radius 3 is 2.69 bits per heavy atom. The molecule has 9 heteroatoms. The summed E-state index contributed by atoms with van der Waals surface area (Å²) in [6, 6.07) is 12.1. The average molecular weight is 492 g/mol. The first-order valence-electron chi connectivity index (χ1n) is 11.4. The van der Waals surface area contributed by atoms with Crippen molar-refractivity contribution in [2.45, 2.75) is 45.9 Å². The minimum absolute atomic E-state index is 0.0815. The summed E-state index contributed by atoms with van der Waals surface area (Å²) in [7, 11) is 0. The molecule has 3 aromatic rings. The average Bonchev–Trinajstić information content (AvgIpc) is 3.28. The van der Waals surface area contributed by atoms with Crippen molar-refractivity contribution in [3.63, 3.8) is 0 Å². The number of hydrogen-bond donors (Lipinski definition) is 2. The summed E-state index contributed by atoms with van der Waals surface area (Å²) in [6.45, 7) is 11.6. The van der Waals surface area contributed by atoms with Crippen LogP contribution in [-0.4, -0.2) is 38.1 Å². The van der Waals surface area contributed by atoms with Gasteiger partial charge in [-0.15, -0.1) is 0 Å². The van der Waals surface area contributed by atoms with Gasteiger partial charge >= 0.3 is 0 Å². The van der Waals surface area contributed by atoms with E-state index in [2.05, 4.69) is 10.2 Å². The van der Waals surface area contributed by atoms with Crippen LogP contribution in [0, 0.1) is 6.57 Å². The number of aromatic nitrogens is 2. The van der Waals surface area contributed by atoms with Crippen LogP contribution in [0.5, 0.6) is 0 Å². The topological polar surface area (TPSA) is 91.8 Å². The Morgan fingerprint density at radius 1 is 1.29 bits per heavy atom. The summed E-state index contributed by atoms with van der Waals surface area (Å²) in [6.07, 6.45) is 1.04. The number of carbonyl (C=O) groups excluding carboxylic acids is 2. The number of carbonyl (C=O) groups is 2. The minimum Gasteiger partial charge on any atom is -0.392 e. The van der Waals surface area contributed by atoms with E-state index in [4.69, 9.17) is 23.3 Å². The monoisotopic (exact) mass is 491 g/mol. The number of nitrogens with zero attached hydrogens (tertiary/aromatic N) is 4. The van der Waals surface area contributed by atoms with Crippen molar-refractivity contribution in [2.24, 2.45) is 0 Å². The number of anilines is 1. The SMILES string of the molecule is [C-]#[N+]c1ccc(CN2C[C@H](C)n3nc(-c4c(CO)cc(Cl)cc4NC(=O)CCC)cc3C2=O)cc1. The summed E-state index contributed by atoms with van der Waals surface area (Å²) in [5.41, 5.74) is 3.91. The lowest BCUT2D eigenvalue weighted by atomic mass is 10.0. The van der Waals surface area contributed by atoms with E-state index in [0.29, 0.717) is 64.8 Å². The van der Waals surface area contributed by atoms with Gasteiger partial charge in [-0.25, -0.2) is 4.85 Å². The largest absolute Gasteiger partial charge is 0.392 e. The van der Waals surface area contributed by atoms with Gasteiger partial charge in [-0.05, 0) is 42.7 Å². The molecule has 0 radical (unpaired) electrons. The molecular formula is C26H26ClN5O3. The Balaban J connectivity index is 1.70. The Kier molecular flexibility index (Phi) is 7.20.